The number of carboxylic acids is 1. The predicted molar refractivity (Wildman–Crippen MR) is 97.6 cm³/mol. The largest absolute Gasteiger partial charge is 0.480 e. The van der Waals surface area contributed by atoms with E-state index in [1.165, 1.54) is 29.2 Å². The molecular weight excluding hydrogens is 354 g/mol. The summed E-state index contributed by atoms with van der Waals surface area (Å²) in [5, 5.41) is 8.95. The lowest BCUT2D eigenvalue weighted by Gasteiger charge is -2.25. The maximum atomic E-state index is 12.5. The van der Waals surface area contributed by atoms with Gasteiger partial charge >= 0.3 is 5.97 Å². The van der Waals surface area contributed by atoms with Gasteiger partial charge in [-0.2, -0.15) is 0 Å². The number of benzene rings is 2. The molecule has 0 aliphatic carbocycles. The van der Waals surface area contributed by atoms with Crippen LogP contribution in [0.5, 0.6) is 0 Å². The summed E-state index contributed by atoms with van der Waals surface area (Å²) in [6.07, 6.45) is 0. The molecule has 0 saturated heterocycles. The molecule has 0 aromatic heterocycles. The SMILES string of the molecule is CC(C)N(CC(=O)O)C(=O)c1ccc(S(=O)(=O)Cc2ccccc2)cc1. The lowest BCUT2D eigenvalue weighted by Crippen LogP contribution is -2.40. The molecule has 2 rings (SSSR count). The standard InChI is InChI=1S/C19H21NO5S/c1-14(2)20(12-18(21)22)19(23)16-8-10-17(11-9-16)26(24,25)13-15-6-4-3-5-7-15/h3-11,14H,12-13H2,1-2H3,(H,21,22). The second-order valence-corrected chi connectivity index (χ2v) is 8.18. The number of hydrogen-bond donors (Lipinski definition) is 1. The second kappa shape index (κ2) is 8.14. The number of nitrogens with zero attached hydrogens (tertiary/aromatic N) is 1. The van der Waals surface area contributed by atoms with Crippen LogP contribution in [0.3, 0.4) is 0 Å². The van der Waals surface area contributed by atoms with Gasteiger partial charge in [0.05, 0.1) is 10.6 Å². The van der Waals surface area contributed by atoms with E-state index in [1.807, 2.05) is 6.07 Å². The van der Waals surface area contributed by atoms with Crippen LogP contribution in [-0.2, 0) is 20.4 Å². The van der Waals surface area contributed by atoms with Crippen LogP contribution in [0.15, 0.2) is 59.5 Å². The summed E-state index contributed by atoms with van der Waals surface area (Å²) in [5.41, 5.74) is 0.929. The monoisotopic (exact) mass is 375 g/mol. The van der Waals surface area contributed by atoms with E-state index in [4.69, 9.17) is 5.11 Å². The Balaban J connectivity index is 2.21. The van der Waals surface area contributed by atoms with Crippen LogP contribution < -0.4 is 0 Å². The van der Waals surface area contributed by atoms with Crippen LogP contribution in [0.1, 0.15) is 29.8 Å². The number of hydrogen-bond acceptors (Lipinski definition) is 4. The summed E-state index contributed by atoms with van der Waals surface area (Å²) >= 11 is 0. The molecule has 0 heterocycles. The molecule has 2 aromatic rings. The van der Waals surface area contributed by atoms with Gasteiger partial charge in [0, 0.05) is 11.6 Å². The van der Waals surface area contributed by atoms with Crippen molar-refractivity contribution >= 4 is 21.7 Å². The summed E-state index contributed by atoms with van der Waals surface area (Å²) in [6, 6.07) is 14.1. The second-order valence-electron chi connectivity index (χ2n) is 6.19. The van der Waals surface area contributed by atoms with E-state index in [0.717, 1.165) is 0 Å². The molecule has 0 fully saturated rings. The maximum Gasteiger partial charge on any atom is 0.323 e. The molecule has 7 heteroatoms. The number of aliphatic carboxylic acids is 1. The van der Waals surface area contributed by atoms with Crippen LogP contribution in [-0.4, -0.2) is 42.9 Å². The Labute approximate surface area is 153 Å². The first-order valence-electron chi connectivity index (χ1n) is 8.10. The molecule has 0 bridgehead atoms. The van der Waals surface area contributed by atoms with Crippen molar-refractivity contribution in [3.8, 4) is 0 Å². The minimum absolute atomic E-state index is 0.118. The Morgan fingerprint density at radius 3 is 2.08 bits per heavy atom. The molecule has 26 heavy (non-hydrogen) atoms. The summed E-state index contributed by atoms with van der Waals surface area (Å²) in [7, 11) is -3.53. The molecule has 0 unspecified atom stereocenters. The maximum absolute atomic E-state index is 12.5. The molecule has 0 aliphatic rings. The van der Waals surface area contributed by atoms with E-state index < -0.39 is 28.3 Å². The Hall–Kier alpha value is -2.67. The molecular formula is C19H21NO5S. The van der Waals surface area contributed by atoms with Crippen molar-refractivity contribution in [3.05, 3.63) is 65.7 Å². The van der Waals surface area contributed by atoms with Gasteiger partial charge in [0.2, 0.25) is 0 Å². The van der Waals surface area contributed by atoms with Crippen molar-refractivity contribution in [2.75, 3.05) is 6.54 Å². The average molecular weight is 375 g/mol. The van der Waals surface area contributed by atoms with Crippen LogP contribution >= 0.6 is 0 Å². The number of amides is 1. The topological polar surface area (TPSA) is 91.8 Å². The first-order valence-corrected chi connectivity index (χ1v) is 9.75. The molecule has 0 spiro atoms. The van der Waals surface area contributed by atoms with Gasteiger partial charge in [-0.1, -0.05) is 30.3 Å². The lowest BCUT2D eigenvalue weighted by atomic mass is 10.1. The van der Waals surface area contributed by atoms with Crippen molar-refractivity contribution in [1.82, 2.24) is 4.90 Å². The minimum Gasteiger partial charge on any atom is -0.480 e. The third-order valence-corrected chi connectivity index (χ3v) is 5.55. The average Bonchev–Trinajstić information content (AvgIpc) is 2.59. The zero-order valence-electron chi connectivity index (χ0n) is 14.6. The summed E-state index contributed by atoms with van der Waals surface area (Å²) < 4.78 is 25.0. The molecule has 0 atom stereocenters. The van der Waals surface area contributed by atoms with Gasteiger partial charge in [-0.3, -0.25) is 9.59 Å². The normalized spacial score (nSPS) is 11.3. The molecule has 1 amide bonds. The van der Waals surface area contributed by atoms with Gasteiger partial charge < -0.3 is 10.0 Å². The number of carboxylic acid groups (broad SMARTS) is 1. The Bertz CT molecular complexity index is 874. The number of rotatable bonds is 7. The van der Waals surface area contributed by atoms with Crippen molar-refractivity contribution in [2.45, 2.75) is 30.5 Å². The highest BCUT2D eigenvalue weighted by Crippen LogP contribution is 2.18. The highest BCUT2D eigenvalue weighted by Gasteiger charge is 2.22. The molecule has 1 N–H and O–H groups in total. The van der Waals surface area contributed by atoms with Gasteiger partial charge in [-0.25, -0.2) is 8.42 Å². The first kappa shape index (κ1) is 19.7. The smallest absolute Gasteiger partial charge is 0.323 e. The third kappa shape index (κ3) is 4.92. The lowest BCUT2D eigenvalue weighted by molar-refractivity contribution is -0.138. The summed E-state index contributed by atoms with van der Waals surface area (Å²) in [5.74, 6) is -1.68. The first-order chi connectivity index (χ1) is 12.2. The van der Waals surface area contributed by atoms with E-state index in [1.54, 1.807) is 38.1 Å². The Kier molecular flexibility index (Phi) is 6.15. The fourth-order valence-electron chi connectivity index (χ4n) is 2.48. The van der Waals surface area contributed by atoms with Crippen LogP contribution in [0, 0.1) is 0 Å². The third-order valence-electron chi connectivity index (χ3n) is 3.85. The highest BCUT2D eigenvalue weighted by molar-refractivity contribution is 7.90. The molecule has 0 aliphatic heterocycles. The van der Waals surface area contributed by atoms with Gasteiger partial charge in [-0.15, -0.1) is 0 Å². The van der Waals surface area contributed by atoms with E-state index >= 15 is 0 Å². The highest BCUT2D eigenvalue weighted by atomic mass is 32.2. The van der Waals surface area contributed by atoms with Gasteiger partial charge in [0.25, 0.3) is 5.91 Å². The fourth-order valence-corrected chi connectivity index (χ4v) is 3.83. The van der Waals surface area contributed by atoms with E-state index in [0.29, 0.717) is 5.56 Å². The quantitative estimate of drug-likeness (QED) is 0.803. The van der Waals surface area contributed by atoms with E-state index in [9.17, 15) is 18.0 Å². The number of sulfone groups is 1. The molecule has 0 saturated carbocycles. The minimum atomic E-state index is -3.53. The fraction of sp³-hybridized carbons (Fsp3) is 0.263. The van der Waals surface area contributed by atoms with Crippen LogP contribution in [0.2, 0.25) is 0 Å². The summed E-state index contributed by atoms with van der Waals surface area (Å²) in [4.78, 5) is 24.8. The zero-order chi connectivity index (χ0) is 19.3. The van der Waals surface area contributed by atoms with Gasteiger partial charge in [-0.05, 0) is 43.7 Å². The van der Waals surface area contributed by atoms with Gasteiger partial charge in [0.15, 0.2) is 9.84 Å². The van der Waals surface area contributed by atoms with Gasteiger partial charge in [0.1, 0.15) is 6.54 Å². The van der Waals surface area contributed by atoms with E-state index in [-0.39, 0.29) is 22.3 Å². The van der Waals surface area contributed by atoms with Crippen LogP contribution in [0.4, 0.5) is 0 Å². The zero-order valence-corrected chi connectivity index (χ0v) is 15.4. The Morgan fingerprint density at radius 2 is 1.58 bits per heavy atom. The molecule has 138 valence electrons. The molecule has 6 nitrogen and oxygen atoms in total. The van der Waals surface area contributed by atoms with E-state index in [2.05, 4.69) is 0 Å². The van der Waals surface area contributed by atoms with Crippen LogP contribution in [0.25, 0.3) is 0 Å². The number of carbonyl (C=O) groups is 2. The number of carbonyl (C=O) groups excluding carboxylic acids is 1. The van der Waals surface area contributed by atoms with Crippen molar-refractivity contribution in [1.29, 1.82) is 0 Å². The predicted octanol–water partition coefficient (Wildman–Crippen LogP) is 2.60. The van der Waals surface area contributed by atoms with Crippen molar-refractivity contribution in [3.63, 3.8) is 0 Å². The van der Waals surface area contributed by atoms with Crippen molar-refractivity contribution < 1.29 is 23.1 Å². The molecule has 2 aromatic carbocycles. The Morgan fingerprint density at radius 1 is 1.00 bits per heavy atom. The van der Waals surface area contributed by atoms with Crippen molar-refractivity contribution in [2.24, 2.45) is 0 Å². The summed E-state index contributed by atoms with van der Waals surface area (Å²) in [6.45, 7) is 3.03. The molecule has 0 radical (unpaired) electrons.